The van der Waals surface area contributed by atoms with Crippen LogP contribution in [0, 0.1) is 0 Å². The summed E-state index contributed by atoms with van der Waals surface area (Å²) in [6.45, 7) is 4.78. The minimum Gasteiger partial charge on any atom is -0.399 e. The Kier molecular flexibility index (Phi) is 4.82. The van der Waals surface area contributed by atoms with Crippen molar-refractivity contribution in [3.8, 4) is 0 Å². The Morgan fingerprint density at radius 2 is 1.81 bits per heavy atom. The lowest BCUT2D eigenvalue weighted by molar-refractivity contribution is 0.797. The van der Waals surface area contributed by atoms with E-state index in [9.17, 15) is 0 Å². The molecular weight excluding hydrogens is 260 g/mol. The van der Waals surface area contributed by atoms with Gasteiger partial charge in [0.25, 0.3) is 0 Å². The molecule has 0 aliphatic rings. The van der Waals surface area contributed by atoms with Crippen molar-refractivity contribution in [3.05, 3.63) is 54.2 Å². The molecule has 1 aromatic heterocycles. The van der Waals surface area contributed by atoms with E-state index in [4.69, 9.17) is 5.73 Å². The van der Waals surface area contributed by atoms with Gasteiger partial charge in [0.15, 0.2) is 0 Å². The Balaban J connectivity index is 0.000000774. The highest BCUT2D eigenvalue weighted by molar-refractivity contribution is 5.82. The zero-order valence-corrected chi connectivity index (χ0v) is 12.8. The summed E-state index contributed by atoms with van der Waals surface area (Å²) < 4.78 is 1.87. The highest BCUT2D eigenvalue weighted by Crippen LogP contribution is 2.19. The molecule has 0 unspecified atom stereocenters. The highest BCUT2D eigenvalue weighted by Gasteiger charge is 2.00. The van der Waals surface area contributed by atoms with Crippen LogP contribution in [0.3, 0.4) is 0 Å². The van der Waals surface area contributed by atoms with Gasteiger partial charge in [0.05, 0.1) is 11.7 Å². The number of nitrogens with zero attached hydrogens (tertiary/aromatic N) is 2. The van der Waals surface area contributed by atoms with Gasteiger partial charge in [0, 0.05) is 30.4 Å². The molecule has 3 aromatic rings. The maximum atomic E-state index is 5.67. The molecule has 0 saturated heterocycles. The van der Waals surface area contributed by atoms with Gasteiger partial charge in [-0.1, -0.05) is 26.0 Å². The third kappa shape index (κ3) is 3.54. The maximum Gasteiger partial charge on any atom is 0.0680 e. The average Bonchev–Trinajstić information content (AvgIpc) is 2.90. The van der Waals surface area contributed by atoms with Crippen molar-refractivity contribution in [2.75, 3.05) is 11.1 Å². The normalized spacial score (nSPS) is 10.0. The van der Waals surface area contributed by atoms with Crippen molar-refractivity contribution in [2.45, 2.75) is 20.4 Å². The number of nitrogens with two attached hydrogens (primary N) is 1. The molecule has 0 spiro atoms. The van der Waals surface area contributed by atoms with Gasteiger partial charge in [-0.3, -0.25) is 4.68 Å². The zero-order chi connectivity index (χ0) is 15.2. The first kappa shape index (κ1) is 14.9. The van der Waals surface area contributed by atoms with Crippen molar-refractivity contribution >= 4 is 22.3 Å². The fourth-order valence-corrected chi connectivity index (χ4v) is 2.11. The molecule has 1 heterocycles. The number of aromatic nitrogens is 2. The number of nitrogens with one attached hydrogen (secondary N) is 1. The van der Waals surface area contributed by atoms with Crippen molar-refractivity contribution in [1.29, 1.82) is 0 Å². The van der Waals surface area contributed by atoms with E-state index in [-0.39, 0.29) is 0 Å². The van der Waals surface area contributed by atoms with E-state index in [0.29, 0.717) is 0 Å². The molecule has 0 atom stereocenters. The van der Waals surface area contributed by atoms with Gasteiger partial charge in [0.2, 0.25) is 0 Å². The molecule has 0 bridgehead atoms. The summed E-state index contributed by atoms with van der Waals surface area (Å²) in [4.78, 5) is 0. The van der Waals surface area contributed by atoms with Gasteiger partial charge in [-0.15, -0.1) is 0 Å². The Hall–Kier alpha value is -2.49. The fraction of sp³-hybridized carbons (Fsp3) is 0.235. The van der Waals surface area contributed by atoms with Crippen molar-refractivity contribution in [2.24, 2.45) is 7.05 Å². The quantitative estimate of drug-likeness (QED) is 0.718. The summed E-state index contributed by atoms with van der Waals surface area (Å²) >= 11 is 0. The van der Waals surface area contributed by atoms with Crippen LogP contribution in [0.2, 0.25) is 0 Å². The van der Waals surface area contributed by atoms with Gasteiger partial charge in [0.1, 0.15) is 0 Å². The first-order valence-electron chi connectivity index (χ1n) is 7.22. The summed E-state index contributed by atoms with van der Waals surface area (Å²) in [6.07, 6.45) is 1.88. The Bertz CT molecular complexity index is 698. The minimum atomic E-state index is 0.784. The molecule has 3 N–H and O–H groups in total. The van der Waals surface area contributed by atoms with Gasteiger partial charge in [-0.05, 0) is 35.9 Å². The maximum absolute atomic E-state index is 5.67. The standard InChI is InChI=1S/C15H16N4.C2H6/c1-19-15-7-6-14(8-12(15)10-18-19)17-9-11-2-4-13(16)5-3-11;1-2/h2-8,10,17H,9,16H2,1H3;1-2H3. The Morgan fingerprint density at radius 3 is 2.52 bits per heavy atom. The molecule has 0 saturated carbocycles. The third-order valence-electron chi connectivity index (χ3n) is 3.22. The van der Waals surface area contributed by atoms with Crippen LogP contribution < -0.4 is 11.1 Å². The van der Waals surface area contributed by atoms with E-state index < -0.39 is 0 Å². The molecule has 21 heavy (non-hydrogen) atoms. The van der Waals surface area contributed by atoms with Crippen LogP contribution in [0.15, 0.2) is 48.7 Å². The van der Waals surface area contributed by atoms with E-state index in [1.54, 1.807) is 0 Å². The summed E-state index contributed by atoms with van der Waals surface area (Å²) in [6, 6.07) is 14.2. The second-order valence-corrected chi connectivity index (χ2v) is 4.64. The number of benzene rings is 2. The summed E-state index contributed by atoms with van der Waals surface area (Å²) in [5.74, 6) is 0. The number of fused-ring (bicyclic) bond motifs is 1. The van der Waals surface area contributed by atoms with Crippen LogP contribution in [0.25, 0.3) is 10.9 Å². The van der Waals surface area contributed by atoms with Crippen molar-refractivity contribution in [3.63, 3.8) is 0 Å². The SMILES string of the molecule is CC.Cn1ncc2cc(NCc3ccc(N)cc3)ccc21. The molecule has 0 aliphatic carbocycles. The Morgan fingerprint density at radius 1 is 1.10 bits per heavy atom. The molecule has 110 valence electrons. The molecule has 0 aliphatic heterocycles. The molecule has 2 aromatic carbocycles. The number of nitrogen functional groups attached to an aromatic ring is 1. The average molecular weight is 282 g/mol. The van der Waals surface area contributed by atoms with E-state index in [1.807, 2.05) is 56.0 Å². The lowest BCUT2D eigenvalue weighted by atomic mass is 10.2. The van der Waals surface area contributed by atoms with E-state index >= 15 is 0 Å². The molecule has 0 amide bonds. The van der Waals surface area contributed by atoms with Crippen LogP contribution in [-0.2, 0) is 13.6 Å². The van der Waals surface area contributed by atoms with Gasteiger partial charge < -0.3 is 11.1 Å². The molecule has 0 radical (unpaired) electrons. The van der Waals surface area contributed by atoms with Gasteiger partial charge in [-0.25, -0.2) is 0 Å². The molecule has 0 fully saturated rings. The predicted octanol–water partition coefficient (Wildman–Crippen LogP) is 3.79. The largest absolute Gasteiger partial charge is 0.399 e. The van der Waals surface area contributed by atoms with Crippen LogP contribution in [0.5, 0.6) is 0 Å². The smallest absolute Gasteiger partial charge is 0.0680 e. The zero-order valence-electron chi connectivity index (χ0n) is 12.8. The minimum absolute atomic E-state index is 0.784. The third-order valence-corrected chi connectivity index (χ3v) is 3.22. The second kappa shape index (κ2) is 6.79. The topological polar surface area (TPSA) is 55.9 Å². The summed E-state index contributed by atoms with van der Waals surface area (Å²) in [5.41, 5.74) is 9.90. The van der Waals surface area contributed by atoms with Crippen LogP contribution >= 0.6 is 0 Å². The Labute approximate surface area is 125 Å². The van der Waals surface area contributed by atoms with Crippen molar-refractivity contribution in [1.82, 2.24) is 9.78 Å². The second-order valence-electron chi connectivity index (χ2n) is 4.64. The monoisotopic (exact) mass is 282 g/mol. The number of anilines is 2. The molecule has 4 heteroatoms. The number of aryl methyl sites for hydroxylation is 1. The first-order chi connectivity index (χ1) is 10.2. The fourth-order valence-electron chi connectivity index (χ4n) is 2.11. The van der Waals surface area contributed by atoms with E-state index in [2.05, 4.69) is 28.6 Å². The van der Waals surface area contributed by atoms with Gasteiger partial charge in [-0.2, -0.15) is 5.10 Å². The van der Waals surface area contributed by atoms with Crippen LogP contribution in [0.4, 0.5) is 11.4 Å². The van der Waals surface area contributed by atoms with Crippen LogP contribution in [0.1, 0.15) is 19.4 Å². The summed E-state index contributed by atoms with van der Waals surface area (Å²) in [7, 11) is 1.95. The number of hydrogen-bond donors (Lipinski definition) is 2. The predicted molar refractivity (Wildman–Crippen MR) is 90.2 cm³/mol. The lowest BCUT2D eigenvalue weighted by Gasteiger charge is -2.07. The molecule has 3 rings (SSSR count). The highest BCUT2D eigenvalue weighted by atomic mass is 15.2. The van der Waals surface area contributed by atoms with E-state index in [1.165, 1.54) is 5.56 Å². The first-order valence-corrected chi connectivity index (χ1v) is 7.22. The summed E-state index contributed by atoms with van der Waals surface area (Å²) in [5, 5.41) is 8.79. The van der Waals surface area contributed by atoms with Gasteiger partial charge >= 0.3 is 0 Å². The van der Waals surface area contributed by atoms with E-state index in [0.717, 1.165) is 28.8 Å². The lowest BCUT2D eigenvalue weighted by Crippen LogP contribution is -1.99. The number of hydrogen-bond acceptors (Lipinski definition) is 3. The molecular formula is C17H22N4. The van der Waals surface area contributed by atoms with Crippen molar-refractivity contribution < 1.29 is 0 Å². The van der Waals surface area contributed by atoms with Crippen LogP contribution in [-0.4, -0.2) is 9.78 Å². The number of rotatable bonds is 3. The molecule has 4 nitrogen and oxygen atoms in total.